The first-order valence-corrected chi connectivity index (χ1v) is 12.5. The number of amides is 1. The van der Waals surface area contributed by atoms with E-state index in [2.05, 4.69) is 24.3 Å². The van der Waals surface area contributed by atoms with Crippen molar-refractivity contribution in [3.63, 3.8) is 0 Å². The molecule has 0 heterocycles. The van der Waals surface area contributed by atoms with Crippen molar-refractivity contribution < 1.29 is 9.90 Å². The minimum absolute atomic E-state index is 0.0568. The monoisotopic (exact) mass is 444 g/mol. The fourth-order valence-corrected chi connectivity index (χ4v) is 3.89. The molecule has 6 nitrogen and oxygen atoms in total. The Kier molecular flexibility index (Phi) is 15.8. The van der Waals surface area contributed by atoms with Crippen LogP contribution in [-0.4, -0.2) is 29.5 Å². The van der Waals surface area contributed by atoms with Gasteiger partial charge in [0.15, 0.2) is 0 Å². The predicted octanol–water partition coefficient (Wildman–Crippen LogP) is 6.56. The molecular formula is C26H44N4O2. The number of hydrazone groups is 1. The van der Waals surface area contributed by atoms with Crippen LogP contribution in [0.2, 0.25) is 0 Å². The Morgan fingerprint density at radius 1 is 0.969 bits per heavy atom. The number of aliphatic imine (C=N–C) groups is 1. The Bertz CT molecular complexity index is 672. The Morgan fingerprint density at radius 3 is 2.06 bits per heavy atom. The molecule has 1 aromatic rings. The van der Waals surface area contributed by atoms with Crippen molar-refractivity contribution in [3.05, 3.63) is 23.8 Å². The maximum Gasteiger partial charge on any atom is 0.211 e. The average Bonchev–Trinajstić information content (AvgIpc) is 2.80. The number of nitrogens with one attached hydrogen (secondary N) is 1. The van der Waals surface area contributed by atoms with Gasteiger partial charge in [0.25, 0.3) is 0 Å². The number of hydrogen-bond acceptors (Lipinski definition) is 5. The summed E-state index contributed by atoms with van der Waals surface area (Å²) in [6.45, 7) is 4.48. The van der Waals surface area contributed by atoms with Gasteiger partial charge in [-0.15, -0.1) is 0 Å². The molecule has 0 aromatic heterocycles. The van der Waals surface area contributed by atoms with E-state index in [1.54, 1.807) is 24.4 Å². The van der Waals surface area contributed by atoms with Crippen LogP contribution in [0.4, 0.5) is 5.69 Å². The SMILES string of the molecule is CCCCCCCCC(CCCCCCCC)N=C/C(=N\N)c1cccc(NC=O)c1O. The number of aromatic hydroxyl groups is 1. The van der Waals surface area contributed by atoms with E-state index in [0.29, 0.717) is 23.4 Å². The van der Waals surface area contributed by atoms with Crippen molar-refractivity contribution >= 4 is 24.0 Å². The number of carbonyl (C=O) groups is 1. The molecule has 0 atom stereocenters. The van der Waals surface area contributed by atoms with Gasteiger partial charge in [0, 0.05) is 11.8 Å². The molecule has 0 spiro atoms. The van der Waals surface area contributed by atoms with Gasteiger partial charge in [-0.1, -0.05) is 97.0 Å². The first-order chi connectivity index (χ1) is 15.7. The molecule has 1 aromatic carbocycles. The second-order valence-corrected chi connectivity index (χ2v) is 8.52. The minimum atomic E-state index is -0.0568. The number of phenols is 1. The molecular weight excluding hydrogens is 400 g/mol. The summed E-state index contributed by atoms with van der Waals surface area (Å²) in [4.78, 5) is 15.6. The van der Waals surface area contributed by atoms with E-state index in [1.165, 1.54) is 77.0 Å². The second-order valence-electron chi connectivity index (χ2n) is 8.52. The van der Waals surface area contributed by atoms with Crippen LogP contribution in [-0.2, 0) is 4.79 Å². The van der Waals surface area contributed by atoms with Gasteiger partial charge in [0.1, 0.15) is 11.5 Å². The van der Waals surface area contributed by atoms with Gasteiger partial charge in [-0.3, -0.25) is 9.79 Å². The number of rotatable bonds is 19. The summed E-state index contributed by atoms with van der Waals surface area (Å²) in [5, 5.41) is 16.8. The van der Waals surface area contributed by atoms with Gasteiger partial charge in [0.05, 0.1) is 11.7 Å². The van der Waals surface area contributed by atoms with E-state index in [1.807, 2.05) is 0 Å². The number of anilines is 1. The van der Waals surface area contributed by atoms with Crippen molar-refractivity contribution in [2.75, 3.05) is 5.32 Å². The standard InChI is InChI=1S/C26H44N4O2/c1-3-5-7-9-11-13-16-22(17-14-12-10-8-6-4-2)28-20-25(30-27)23-18-15-19-24(26(23)32)29-21-31/h15,18-22,32H,3-14,16-17,27H2,1-2H3,(H,29,31)/b28-20?,30-25+. The summed E-state index contributed by atoms with van der Waals surface area (Å²) in [7, 11) is 0. The van der Waals surface area contributed by atoms with Crippen LogP contribution in [0.25, 0.3) is 0 Å². The zero-order valence-corrected chi connectivity index (χ0v) is 20.2. The fraction of sp³-hybridized carbons (Fsp3) is 0.654. The lowest BCUT2D eigenvalue weighted by Gasteiger charge is -2.13. The average molecular weight is 445 g/mol. The second kappa shape index (κ2) is 18.2. The highest BCUT2D eigenvalue weighted by atomic mass is 16.3. The summed E-state index contributed by atoms with van der Waals surface area (Å²) in [5.41, 5.74) is 1.19. The quantitative estimate of drug-likeness (QED) is 0.0562. The molecule has 4 N–H and O–H groups in total. The van der Waals surface area contributed by atoms with Crippen LogP contribution in [0, 0.1) is 0 Å². The third-order valence-electron chi connectivity index (χ3n) is 5.85. The Morgan fingerprint density at radius 2 is 1.53 bits per heavy atom. The first kappa shape index (κ1) is 27.7. The van der Waals surface area contributed by atoms with Gasteiger partial charge in [-0.2, -0.15) is 5.10 Å². The lowest BCUT2D eigenvalue weighted by atomic mass is 10.0. The van der Waals surface area contributed by atoms with Crippen LogP contribution in [0.15, 0.2) is 28.3 Å². The first-order valence-electron chi connectivity index (χ1n) is 12.5. The predicted molar refractivity (Wildman–Crippen MR) is 137 cm³/mol. The van der Waals surface area contributed by atoms with Crippen molar-refractivity contribution in [1.82, 2.24) is 0 Å². The molecule has 32 heavy (non-hydrogen) atoms. The van der Waals surface area contributed by atoms with E-state index in [-0.39, 0.29) is 11.8 Å². The van der Waals surface area contributed by atoms with Gasteiger partial charge in [-0.25, -0.2) is 0 Å². The molecule has 0 aliphatic heterocycles. The Hall–Kier alpha value is -2.37. The number of para-hydroxylation sites is 1. The van der Waals surface area contributed by atoms with Crippen LogP contribution in [0.5, 0.6) is 5.75 Å². The smallest absolute Gasteiger partial charge is 0.211 e. The van der Waals surface area contributed by atoms with Gasteiger partial charge in [-0.05, 0) is 25.0 Å². The van der Waals surface area contributed by atoms with E-state index in [0.717, 1.165) is 12.8 Å². The molecule has 1 rings (SSSR count). The fourth-order valence-electron chi connectivity index (χ4n) is 3.89. The zero-order chi connectivity index (χ0) is 23.4. The van der Waals surface area contributed by atoms with Crippen molar-refractivity contribution in [1.29, 1.82) is 0 Å². The largest absolute Gasteiger partial charge is 0.505 e. The Labute approximate surface area is 194 Å². The number of benzene rings is 1. The summed E-state index contributed by atoms with van der Waals surface area (Å²) in [6, 6.07) is 5.32. The molecule has 0 aliphatic rings. The Balaban J connectivity index is 2.74. The van der Waals surface area contributed by atoms with E-state index in [4.69, 9.17) is 10.8 Å². The summed E-state index contributed by atoms with van der Waals surface area (Å²) < 4.78 is 0. The third kappa shape index (κ3) is 11.3. The van der Waals surface area contributed by atoms with Gasteiger partial charge >= 0.3 is 0 Å². The molecule has 180 valence electrons. The van der Waals surface area contributed by atoms with Gasteiger partial charge in [0.2, 0.25) is 6.41 Å². The number of phenolic OH excluding ortho intramolecular Hbond substituents is 1. The topological polar surface area (TPSA) is 100 Å². The number of nitrogens with two attached hydrogens (primary N) is 1. The van der Waals surface area contributed by atoms with Gasteiger partial charge < -0.3 is 16.3 Å². The molecule has 1 amide bonds. The summed E-state index contributed by atoms with van der Waals surface area (Å²) in [5.74, 6) is 5.56. The van der Waals surface area contributed by atoms with Crippen molar-refractivity contribution in [2.24, 2.45) is 15.9 Å². The number of unbranched alkanes of at least 4 members (excludes halogenated alkanes) is 10. The summed E-state index contributed by atoms with van der Waals surface area (Å²) in [6.07, 6.45) is 19.6. The molecule has 0 radical (unpaired) electrons. The zero-order valence-electron chi connectivity index (χ0n) is 20.2. The van der Waals surface area contributed by atoms with Crippen molar-refractivity contribution in [3.8, 4) is 5.75 Å². The number of nitrogens with zero attached hydrogens (tertiary/aromatic N) is 2. The van der Waals surface area contributed by atoms with Crippen LogP contribution in [0.3, 0.4) is 0 Å². The molecule has 0 fully saturated rings. The van der Waals surface area contributed by atoms with E-state index < -0.39 is 0 Å². The van der Waals surface area contributed by atoms with Crippen LogP contribution in [0.1, 0.15) is 109 Å². The highest BCUT2D eigenvalue weighted by molar-refractivity contribution is 6.39. The molecule has 0 unspecified atom stereocenters. The van der Waals surface area contributed by atoms with Crippen LogP contribution >= 0.6 is 0 Å². The third-order valence-corrected chi connectivity index (χ3v) is 5.85. The van der Waals surface area contributed by atoms with E-state index in [9.17, 15) is 9.90 Å². The highest BCUT2D eigenvalue weighted by Gasteiger charge is 2.12. The highest BCUT2D eigenvalue weighted by Crippen LogP contribution is 2.27. The lowest BCUT2D eigenvalue weighted by molar-refractivity contribution is -0.105. The summed E-state index contributed by atoms with van der Waals surface area (Å²) >= 11 is 0. The minimum Gasteiger partial charge on any atom is -0.505 e. The number of carbonyl (C=O) groups excluding carboxylic acids is 1. The molecule has 0 bridgehead atoms. The van der Waals surface area contributed by atoms with E-state index >= 15 is 0 Å². The molecule has 6 heteroatoms. The lowest BCUT2D eigenvalue weighted by Crippen LogP contribution is -2.12. The molecule has 0 aliphatic carbocycles. The maximum absolute atomic E-state index is 10.8. The van der Waals surface area contributed by atoms with Crippen molar-refractivity contribution in [2.45, 2.75) is 110 Å². The normalized spacial score (nSPS) is 12.0. The molecule has 0 saturated heterocycles. The number of hydrogen-bond donors (Lipinski definition) is 3. The maximum atomic E-state index is 10.8. The van der Waals surface area contributed by atoms with Crippen LogP contribution < -0.4 is 11.2 Å². The molecule has 0 saturated carbocycles.